The van der Waals surface area contributed by atoms with Crippen LogP contribution in [-0.4, -0.2) is 13.8 Å². The third-order valence-electron chi connectivity index (χ3n) is 15.9. The lowest BCUT2D eigenvalue weighted by Crippen LogP contribution is -2.15. The molecule has 0 aliphatic carbocycles. The van der Waals surface area contributed by atoms with E-state index in [2.05, 4.69) is 275 Å². The molecule has 0 atom stereocenters. The summed E-state index contributed by atoms with van der Waals surface area (Å²) in [6, 6.07) is 72.2. The largest absolute Gasteiger partial charge is 0.308 e. The van der Waals surface area contributed by atoms with Gasteiger partial charge in [-0.15, -0.1) is 0 Å². The molecule has 0 saturated heterocycles. The second-order valence-electron chi connectivity index (χ2n) is 23.7. The number of aromatic nitrogens is 3. The van der Waals surface area contributed by atoms with E-state index in [1.807, 2.05) is 0 Å². The molecule has 0 fully saturated rings. The van der Waals surface area contributed by atoms with Crippen LogP contribution in [0.4, 0.5) is 34.1 Å². The molecule has 0 unspecified atom stereocenters. The second kappa shape index (κ2) is 15.6. The van der Waals surface area contributed by atoms with Crippen LogP contribution in [0.5, 0.6) is 0 Å². The highest BCUT2D eigenvalue weighted by molar-refractivity contribution is 6.34. The highest BCUT2D eigenvalue weighted by atomic mass is 15.2. The maximum atomic E-state index is 6.09. The van der Waals surface area contributed by atoms with Gasteiger partial charge in [-0.2, -0.15) is 0 Å². The van der Waals surface area contributed by atoms with Gasteiger partial charge in [-0.25, -0.2) is 4.98 Å². The summed E-state index contributed by atoms with van der Waals surface area (Å²) in [5, 5.41) is 11.0. The summed E-state index contributed by atoms with van der Waals surface area (Å²) in [7, 11) is 0. The third kappa shape index (κ3) is 6.45. The van der Waals surface area contributed by atoms with Crippen LogP contribution in [0.3, 0.4) is 0 Å². The number of hydrogen-bond donors (Lipinski definition) is 0. The van der Waals surface area contributed by atoms with Gasteiger partial charge < -0.3 is 14.2 Å². The van der Waals surface area contributed by atoms with Crippen molar-refractivity contribution in [3.63, 3.8) is 0 Å². The van der Waals surface area contributed by atoms with Gasteiger partial charge in [0.15, 0.2) is 0 Å². The maximum absolute atomic E-state index is 6.09. The Labute approximate surface area is 432 Å². The summed E-state index contributed by atoms with van der Waals surface area (Å²) in [5.41, 5.74) is 18.0. The highest BCUT2D eigenvalue weighted by Gasteiger charge is 2.32. The van der Waals surface area contributed by atoms with E-state index in [1.165, 1.54) is 70.9 Å². The van der Waals surface area contributed by atoms with Crippen molar-refractivity contribution < 1.29 is 0 Å². The highest BCUT2D eigenvalue weighted by Crippen LogP contribution is 2.52. The van der Waals surface area contributed by atoms with Crippen LogP contribution >= 0.6 is 0 Å². The van der Waals surface area contributed by atoms with Crippen LogP contribution in [0.15, 0.2) is 194 Å². The Balaban J connectivity index is 1.21. The molecule has 5 aromatic heterocycles. The van der Waals surface area contributed by atoms with E-state index >= 15 is 0 Å². The molecule has 0 aliphatic heterocycles. The van der Waals surface area contributed by atoms with E-state index in [0.717, 1.165) is 67.1 Å². The van der Waals surface area contributed by atoms with Crippen LogP contribution in [0, 0.1) is 0 Å². The van der Waals surface area contributed by atoms with Gasteiger partial charge in [-0.1, -0.05) is 159 Å². The standard InChI is InChI=1S/C69H59N5/c1-67(2,3)43-35-51-52-37-44(68(4,5)6)39-58(71(46-25-14-10-15-26-46)47-27-16-11-17-28-47)63(52)74-62(51)53(36-43)54-41-57-61(70-66(54)74)56-34-42-24-22-23-33-50(42)60-55-38-45(69(7,8)9)40-59(64(55)73(57)65(56)60)72(48-29-18-12-19-30-48)49-31-20-13-21-32-49/h10-41H,1-9H3. The molecular weight excluding hydrogens is 899 g/mol. The Morgan fingerprint density at radius 3 is 1.23 bits per heavy atom. The number of para-hydroxylation sites is 4. The number of pyridine rings is 1. The molecule has 0 radical (unpaired) electrons. The summed E-state index contributed by atoms with van der Waals surface area (Å²) >= 11 is 0. The van der Waals surface area contributed by atoms with Crippen LogP contribution in [-0.2, 0) is 16.2 Å². The van der Waals surface area contributed by atoms with Crippen LogP contribution in [0.2, 0.25) is 0 Å². The zero-order valence-electron chi connectivity index (χ0n) is 43.7. The van der Waals surface area contributed by atoms with Gasteiger partial charge in [0.05, 0.1) is 44.5 Å². The Morgan fingerprint density at radius 2 is 0.743 bits per heavy atom. The fourth-order valence-electron chi connectivity index (χ4n) is 12.1. The van der Waals surface area contributed by atoms with Gasteiger partial charge in [-0.3, -0.25) is 4.40 Å². The van der Waals surface area contributed by atoms with E-state index in [4.69, 9.17) is 4.98 Å². The average molecular weight is 958 g/mol. The first-order chi connectivity index (χ1) is 35.6. The minimum absolute atomic E-state index is 0.117. The van der Waals surface area contributed by atoms with Gasteiger partial charge in [0.1, 0.15) is 5.65 Å². The van der Waals surface area contributed by atoms with Crippen LogP contribution < -0.4 is 9.80 Å². The molecule has 0 spiro atoms. The first-order valence-electron chi connectivity index (χ1n) is 26.2. The van der Waals surface area contributed by atoms with E-state index < -0.39 is 0 Å². The zero-order chi connectivity index (χ0) is 50.6. The van der Waals surface area contributed by atoms with Gasteiger partial charge in [-0.05, 0) is 141 Å². The van der Waals surface area contributed by atoms with E-state index in [-0.39, 0.29) is 16.2 Å². The number of fused-ring (bicyclic) bond motifs is 14. The molecule has 14 aromatic rings. The third-order valence-corrected chi connectivity index (χ3v) is 15.9. The summed E-state index contributed by atoms with van der Waals surface area (Å²) in [6.45, 7) is 21.1. The van der Waals surface area contributed by atoms with E-state index in [9.17, 15) is 0 Å². The number of rotatable bonds is 6. The van der Waals surface area contributed by atoms with Crippen molar-refractivity contribution in [3.8, 4) is 0 Å². The fraction of sp³-hybridized carbons (Fsp3) is 0.174. The Morgan fingerprint density at radius 1 is 0.338 bits per heavy atom. The number of anilines is 6. The minimum Gasteiger partial charge on any atom is -0.308 e. The summed E-state index contributed by atoms with van der Waals surface area (Å²) < 4.78 is 5.11. The second-order valence-corrected chi connectivity index (χ2v) is 23.7. The summed E-state index contributed by atoms with van der Waals surface area (Å²) in [6.07, 6.45) is 0. The summed E-state index contributed by atoms with van der Waals surface area (Å²) in [5.74, 6) is 0. The number of hydrogen-bond acceptors (Lipinski definition) is 3. The molecule has 0 N–H and O–H groups in total. The molecule has 74 heavy (non-hydrogen) atoms. The quantitative estimate of drug-likeness (QED) is 0.166. The van der Waals surface area contributed by atoms with Gasteiger partial charge in [0, 0.05) is 60.5 Å². The van der Waals surface area contributed by atoms with Crippen LogP contribution in [0.1, 0.15) is 79.0 Å². The van der Waals surface area contributed by atoms with E-state index in [0.29, 0.717) is 0 Å². The average Bonchev–Trinajstić information content (AvgIpc) is 4.13. The lowest BCUT2D eigenvalue weighted by molar-refractivity contribution is 0.591. The molecule has 5 heterocycles. The van der Waals surface area contributed by atoms with Crippen molar-refractivity contribution in [2.24, 2.45) is 0 Å². The first kappa shape index (κ1) is 44.3. The number of benzene rings is 9. The Hall–Kier alpha value is -8.41. The molecule has 5 heteroatoms. The zero-order valence-corrected chi connectivity index (χ0v) is 43.7. The van der Waals surface area contributed by atoms with Crippen LogP contribution in [0.25, 0.3) is 87.2 Å². The molecule has 0 bridgehead atoms. The van der Waals surface area contributed by atoms with Crippen molar-refractivity contribution in [2.75, 3.05) is 9.80 Å². The molecule has 0 amide bonds. The van der Waals surface area contributed by atoms with Crippen molar-refractivity contribution in [1.29, 1.82) is 0 Å². The SMILES string of the molecule is CC(C)(C)c1cc(N(c2ccccc2)c2ccccc2)c2c(c1)c1c3ccccc3cc3c4nc5c(cc4n2c31)c1cc(C(C)(C)C)cc2c3cc(C(C)(C)C)cc(N(c4ccccc4)c4ccccc4)c3n5c12. The van der Waals surface area contributed by atoms with Crippen molar-refractivity contribution in [1.82, 2.24) is 13.8 Å². The predicted molar refractivity (Wildman–Crippen MR) is 317 cm³/mol. The Kier molecular flexibility index (Phi) is 9.31. The first-order valence-corrected chi connectivity index (χ1v) is 26.2. The molecule has 0 aliphatic rings. The maximum Gasteiger partial charge on any atom is 0.146 e. The fourth-order valence-corrected chi connectivity index (χ4v) is 12.1. The monoisotopic (exact) mass is 957 g/mol. The minimum atomic E-state index is -0.128. The van der Waals surface area contributed by atoms with Crippen molar-refractivity contribution in [2.45, 2.75) is 78.6 Å². The molecule has 14 rings (SSSR count). The molecular formula is C69H59N5. The molecule has 5 nitrogen and oxygen atoms in total. The predicted octanol–water partition coefficient (Wildman–Crippen LogP) is 19.4. The molecule has 0 saturated carbocycles. The van der Waals surface area contributed by atoms with E-state index in [1.54, 1.807) is 0 Å². The van der Waals surface area contributed by atoms with Crippen molar-refractivity contribution in [3.05, 3.63) is 211 Å². The smallest absolute Gasteiger partial charge is 0.146 e. The van der Waals surface area contributed by atoms with Gasteiger partial charge >= 0.3 is 0 Å². The van der Waals surface area contributed by atoms with Gasteiger partial charge in [0.25, 0.3) is 0 Å². The lowest BCUT2D eigenvalue weighted by atomic mass is 9.84. The topological polar surface area (TPSA) is 28.2 Å². The van der Waals surface area contributed by atoms with Gasteiger partial charge in [0.2, 0.25) is 0 Å². The summed E-state index contributed by atoms with van der Waals surface area (Å²) in [4.78, 5) is 11.0. The normalized spacial score (nSPS) is 12.9. The van der Waals surface area contributed by atoms with Crippen molar-refractivity contribution >= 4 is 121 Å². The lowest BCUT2D eigenvalue weighted by Gasteiger charge is -2.29. The molecule has 9 aromatic carbocycles. The number of nitrogens with zero attached hydrogens (tertiary/aromatic N) is 5. The Bertz CT molecular complexity index is 4430. The molecule has 360 valence electrons.